The number of hydrogen-bond donors (Lipinski definition) is 1. The molecule has 2 aromatic heterocycles. The minimum atomic E-state index is -4.74. The van der Waals surface area contributed by atoms with Crippen molar-refractivity contribution in [2.45, 2.75) is 140 Å². The fraction of sp³-hybridized carbons (Fsp3) is 0.406. The number of nitrogens with zero attached hydrogens (tertiary/aromatic N) is 6. The van der Waals surface area contributed by atoms with Crippen molar-refractivity contribution in [3.05, 3.63) is 200 Å². The number of non-ortho nitro benzene ring substituents is 2. The Morgan fingerprint density at radius 1 is 0.634 bits per heavy atom. The molecular formula is C64H74N7O19PSi2. The van der Waals surface area contributed by atoms with Crippen LogP contribution < -0.4 is 5.32 Å². The largest absolute Gasteiger partial charge is 0.474 e. The van der Waals surface area contributed by atoms with Crippen LogP contribution in [0.3, 0.4) is 0 Å². The van der Waals surface area contributed by atoms with Crippen LogP contribution in [0, 0.1) is 20.2 Å². The molecule has 7 aromatic rings. The van der Waals surface area contributed by atoms with Crippen molar-refractivity contribution in [2.24, 2.45) is 0 Å². The summed E-state index contributed by atoms with van der Waals surface area (Å²) in [5, 5.41) is 25.8. The van der Waals surface area contributed by atoms with Gasteiger partial charge in [0.2, 0.25) is 0 Å². The lowest BCUT2D eigenvalue weighted by molar-refractivity contribution is -0.385. The number of imidazole rings is 1. The molecule has 0 radical (unpaired) electrons. The van der Waals surface area contributed by atoms with Crippen molar-refractivity contribution < 1.29 is 79.0 Å². The molecule has 3 saturated heterocycles. The van der Waals surface area contributed by atoms with Crippen LogP contribution in [0.15, 0.2) is 152 Å². The van der Waals surface area contributed by atoms with Gasteiger partial charge in [-0.2, -0.15) is 0 Å². The molecule has 10 rings (SSSR count). The van der Waals surface area contributed by atoms with E-state index in [1.807, 2.05) is 0 Å². The molecule has 5 aromatic carbocycles. The number of hydrogen-bond acceptors (Lipinski definition) is 22. The van der Waals surface area contributed by atoms with E-state index >= 15 is 4.57 Å². The number of fused-ring (bicyclic) bond motifs is 2. The Kier molecular flexibility index (Phi) is 21.7. The quantitative estimate of drug-likeness (QED) is 0.0173. The molecule has 3 aliphatic rings. The van der Waals surface area contributed by atoms with E-state index < -0.39 is 108 Å². The number of nitro benzene ring substituents is 2. The standard InChI is InChI=1S/C64H74N7O19PSi2/c1-40(2)92(41(3)4)83-37-52-55(89-93(90-92,42(5)6)43(7)8)56(61(84-52)69-39-67-53-58(65-38-66-59(53)69)68-60(72)46-18-12-9-13-19-46)88-64-57(87-63(74)48-22-16-11-17-23-48)54(86-62(73)47-20-14-10-15-21-47)51(85-64)36-82-91(79,80-34-32-44-24-28-49(29-25-44)70(75)76)81-35-33-45-26-30-50(31-27-45)71(77)78/h9-31,38-43,51-52,54-57,61,64H,32-37H2,1-8H3,(H,65,66,68,72)/t51-,52-,54-,55-,56-,57-,61-,64+/m1/s1. The van der Waals surface area contributed by atoms with E-state index in [9.17, 15) is 34.6 Å². The van der Waals surface area contributed by atoms with Crippen LogP contribution in [0.2, 0.25) is 22.2 Å². The lowest BCUT2D eigenvalue weighted by atomic mass is 10.1. The zero-order valence-corrected chi connectivity index (χ0v) is 55.4. The van der Waals surface area contributed by atoms with E-state index in [2.05, 4.69) is 70.7 Å². The fourth-order valence-electron chi connectivity index (χ4n) is 11.7. The number of phosphoric ester groups is 1. The van der Waals surface area contributed by atoms with Crippen LogP contribution in [0.4, 0.5) is 17.2 Å². The average molecular weight is 1330 g/mol. The summed E-state index contributed by atoms with van der Waals surface area (Å²) in [4.78, 5) is 78.4. The van der Waals surface area contributed by atoms with Crippen LogP contribution in [0.25, 0.3) is 11.2 Å². The second-order valence-corrected chi connectivity index (χ2v) is 34.4. The van der Waals surface area contributed by atoms with Gasteiger partial charge < -0.3 is 42.0 Å². The summed E-state index contributed by atoms with van der Waals surface area (Å²) in [6, 6.07) is 36.1. The normalized spacial score (nSPS) is 21.9. The summed E-state index contributed by atoms with van der Waals surface area (Å²) < 4.78 is 91.6. The molecule has 1 amide bonds. The first-order valence-corrected chi connectivity index (χ1v) is 36.0. The molecular weight excluding hydrogens is 1260 g/mol. The third-order valence-electron chi connectivity index (χ3n) is 16.6. The van der Waals surface area contributed by atoms with Gasteiger partial charge in [0.25, 0.3) is 17.3 Å². The van der Waals surface area contributed by atoms with Crippen LogP contribution in [0.5, 0.6) is 0 Å². The van der Waals surface area contributed by atoms with E-state index in [4.69, 9.17) is 55.2 Å². The minimum Gasteiger partial charge on any atom is -0.452 e. The Bertz CT molecular complexity index is 3700. The molecule has 26 nitrogen and oxygen atoms in total. The minimum absolute atomic E-state index is 0.0281. The van der Waals surface area contributed by atoms with E-state index in [1.165, 1.54) is 85.5 Å². The number of carbonyl (C=O) groups is 3. The second-order valence-electron chi connectivity index (χ2n) is 23.9. The number of esters is 2. The SMILES string of the molecule is CC(C)[Si]1(C(C)C)OC[C@H]2O[C@@H](n3cnc4c(NC(=O)c5ccccc5)ncnc43)[C@H](O[C@@H]3O[C@H](COP(=O)(OCCc4ccc([N+](=O)[O-])cc4)OCCc4ccc([N+](=O)[O-])cc4)[C@@H](OC(=O)c4ccccc4)[C@H]3OC(=O)c3ccccc3)[C@@H]2O[Si](C(C)C)(C(C)C)O1. The van der Waals surface area contributed by atoms with E-state index in [-0.39, 0.29) is 94.3 Å². The number of nitrogens with one attached hydrogen (secondary N) is 1. The Hall–Kier alpha value is -7.84. The molecule has 8 atom stereocenters. The maximum absolute atomic E-state index is 15.1. The van der Waals surface area contributed by atoms with Crippen LogP contribution in [-0.2, 0) is 67.6 Å². The summed E-state index contributed by atoms with van der Waals surface area (Å²) in [6.45, 7) is 15.3. The number of ether oxygens (including phenoxy) is 5. The number of nitro groups is 2. The number of benzene rings is 5. The summed E-state index contributed by atoms with van der Waals surface area (Å²) in [5.74, 6) is -2.09. The number of phosphoric acid groups is 1. The van der Waals surface area contributed by atoms with E-state index in [0.717, 1.165) is 0 Å². The first-order valence-electron chi connectivity index (χ1n) is 30.6. The zero-order valence-electron chi connectivity index (χ0n) is 52.5. The summed E-state index contributed by atoms with van der Waals surface area (Å²) in [7, 11) is -11.5. The summed E-state index contributed by atoms with van der Waals surface area (Å²) in [5.41, 5.74) is 1.45. The van der Waals surface area contributed by atoms with Gasteiger partial charge in [0.05, 0.1) is 53.7 Å². The van der Waals surface area contributed by atoms with Gasteiger partial charge in [-0.25, -0.2) is 29.1 Å². The third kappa shape index (κ3) is 15.4. The summed E-state index contributed by atoms with van der Waals surface area (Å²) in [6.07, 6.45) is -8.07. The van der Waals surface area contributed by atoms with Crippen molar-refractivity contribution in [2.75, 3.05) is 31.7 Å². The van der Waals surface area contributed by atoms with Crippen molar-refractivity contribution >= 4 is 71.1 Å². The molecule has 3 fully saturated rings. The molecule has 3 aliphatic heterocycles. The maximum atomic E-state index is 15.1. The van der Waals surface area contributed by atoms with Crippen molar-refractivity contribution in [3.8, 4) is 0 Å². The van der Waals surface area contributed by atoms with Crippen LogP contribution >= 0.6 is 7.82 Å². The zero-order chi connectivity index (χ0) is 66.2. The maximum Gasteiger partial charge on any atom is 0.474 e. The Labute approximate surface area is 538 Å². The molecule has 0 unspecified atom stereocenters. The number of amides is 1. The average Bonchev–Trinajstić information content (AvgIpc) is 1.67. The van der Waals surface area contributed by atoms with Gasteiger partial charge >= 0.3 is 36.9 Å². The lowest BCUT2D eigenvalue weighted by Crippen LogP contribution is -2.66. The van der Waals surface area contributed by atoms with Crippen LogP contribution in [-0.4, -0.2) is 134 Å². The van der Waals surface area contributed by atoms with E-state index in [0.29, 0.717) is 16.7 Å². The van der Waals surface area contributed by atoms with Gasteiger partial charge in [-0.1, -0.05) is 134 Å². The Balaban J connectivity index is 1.06. The molecule has 0 saturated carbocycles. The lowest BCUT2D eigenvalue weighted by Gasteiger charge is -2.51. The molecule has 492 valence electrons. The molecule has 29 heteroatoms. The van der Waals surface area contributed by atoms with Crippen LogP contribution in [0.1, 0.15) is 104 Å². The predicted octanol–water partition coefficient (Wildman–Crippen LogP) is 12.0. The first-order chi connectivity index (χ1) is 44.6. The van der Waals surface area contributed by atoms with Crippen molar-refractivity contribution in [1.82, 2.24) is 19.5 Å². The van der Waals surface area contributed by atoms with Gasteiger partial charge in [-0.15, -0.1) is 0 Å². The predicted molar refractivity (Wildman–Crippen MR) is 341 cm³/mol. The fourth-order valence-corrected chi connectivity index (χ4v) is 24.1. The van der Waals surface area contributed by atoms with Crippen molar-refractivity contribution in [1.29, 1.82) is 0 Å². The topological polar surface area (TPSA) is 312 Å². The highest BCUT2D eigenvalue weighted by atomic mass is 31.2. The molecule has 93 heavy (non-hydrogen) atoms. The van der Waals surface area contributed by atoms with Gasteiger partial charge in [-0.3, -0.25) is 43.2 Å². The Morgan fingerprint density at radius 2 is 1.14 bits per heavy atom. The van der Waals surface area contributed by atoms with Gasteiger partial charge in [0, 0.05) is 29.8 Å². The molecule has 0 aliphatic carbocycles. The first kappa shape index (κ1) is 68.0. The Morgan fingerprint density at radius 3 is 1.65 bits per heavy atom. The van der Waals surface area contributed by atoms with Crippen molar-refractivity contribution in [3.63, 3.8) is 0 Å². The summed E-state index contributed by atoms with van der Waals surface area (Å²) >= 11 is 0. The molecule has 1 N–H and O–H groups in total. The number of rotatable bonds is 26. The second kappa shape index (κ2) is 29.6. The molecule has 0 bridgehead atoms. The number of aromatic nitrogens is 4. The van der Waals surface area contributed by atoms with Gasteiger partial charge in [-0.05, 0) is 82.5 Å². The highest BCUT2D eigenvalue weighted by Crippen LogP contribution is 2.52. The third-order valence-corrected chi connectivity index (χ3v) is 28.3. The highest BCUT2D eigenvalue weighted by molar-refractivity contribution is 7.48. The van der Waals surface area contributed by atoms with Gasteiger partial charge in [0.1, 0.15) is 30.7 Å². The number of carbonyl (C=O) groups excluding carboxylic acids is 3. The smallest absolute Gasteiger partial charge is 0.452 e. The van der Waals surface area contributed by atoms with E-state index in [1.54, 1.807) is 71.3 Å². The molecule has 0 spiro atoms. The van der Waals surface area contributed by atoms with Gasteiger partial charge in [0.15, 0.2) is 41.7 Å². The monoisotopic (exact) mass is 1330 g/mol. The number of anilines is 1. The molecule has 5 heterocycles. The highest BCUT2D eigenvalue weighted by Gasteiger charge is 2.64.